The lowest BCUT2D eigenvalue weighted by atomic mass is 10.1. The molecule has 1 unspecified atom stereocenters. The van der Waals surface area contributed by atoms with E-state index in [-0.39, 0.29) is 0 Å². The topological polar surface area (TPSA) is 30.7 Å². The van der Waals surface area contributed by atoms with E-state index in [2.05, 4.69) is 61.9 Å². The molecule has 1 heterocycles. The van der Waals surface area contributed by atoms with Gasteiger partial charge in [0, 0.05) is 11.6 Å². The first-order valence-corrected chi connectivity index (χ1v) is 7.49. The number of hydrogen-bond acceptors (Lipinski definition) is 2. The average molecular weight is 306 g/mol. The molecule has 3 rings (SSSR count). The Hall–Kier alpha value is -1.16. The van der Waals surface area contributed by atoms with Gasteiger partial charge in [-0.2, -0.15) is 0 Å². The summed E-state index contributed by atoms with van der Waals surface area (Å²) in [5.41, 5.74) is 1.15. The first kappa shape index (κ1) is 11.9. The highest BCUT2D eigenvalue weighted by Gasteiger charge is 2.32. The first-order chi connectivity index (χ1) is 8.81. The first-order valence-electron chi connectivity index (χ1n) is 6.37. The molecule has 18 heavy (non-hydrogen) atoms. The monoisotopic (exact) mass is 305 g/mol. The molecular formula is C14H16BrN3. The van der Waals surface area contributed by atoms with E-state index >= 15 is 0 Å². The highest BCUT2D eigenvalue weighted by molar-refractivity contribution is 9.08. The number of alkyl halides is 1. The van der Waals surface area contributed by atoms with Gasteiger partial charge < -0.3 is 0 Å². The fourth-order valence-corrected chi connectivity index (χ4v) is 2.74. The molecule has 0 N–H and O–H groups in total. The van der Waals surface area contributed by atoms with Gasteiger partial charge in [-0.1, -0.05) is 41.1 Å². The van der Waals surface area contributed by atoms with E-state index in [9.17, 15) is 0 Å². The number of para-hydroxylation sites is 1. The molecule has 1 aliphatic rings. The van der Waals surface area contributed by atoms with Crippen molar-refractivity contribution >= 4 is 15.9 Å². The van der Waals surface area contributed by atoms with Crippen molar-refractivity contribution in [3.63, 3.8) is 0 Å². The van der Waals surface area contributed by atoms with Gasteiger partial charge in [0.2, 0.25) is 0 Å². The van der Waals surface area contributed by atoms with Gasteiger partial charge in [-0.15, -0.1) is 10.2 Å². The van der Waals surface area contributed by atoms with Crippen LogP contribution < -0.4 is 0 Å². The molecule has 2 aromatic rings. The van der Waals surface area contributed by atoms with E-state index in [1.165, 1.54) is 12.8 Å². The Bertz CT molecular complexity index is 531. The SMILES string of the molecule is CC(c1nnc(CBr)n1-c1ccccc1)C1CC1. The molecule has 1 aromatic carbocycles. The third kappa shape index (κ3) is 2.09. The molecule has 3 nitrogen and oxygen atoms in total. The average Bonchev–Trinajstić information content (AvgIpc) is 3.17. The van der Waals surface area contributed by atoms with E-state index in [1.54, 1.807) is 0 Å². The van der Waals surface area contributed by atoms with E-state index in [4.69, 9.17) is 0 Å². The predicted molar refractivity (Wildman–Crippen MR) is 75.1 cm³/mol. The summed E-state index contributed by atoms with van der Waals surface area (Å²) in [6.45, 7) is 2.26. The molecule has 4 heteroatoms. The van der Waals surface area contributed by atoms with Crippen LogP contribution in [0.25, 0.3) is 5.69 Å². The number of aromatic nitrogens is 3. The third-order valence-electron chi connectivity index (χ3n) is 3.63. The lowest BCUT2D eigenvalue weighted by Gasteiger charge is -2.13. The van der Waals surface area contributed by atoms with Crippen LogP contribution in [-0.2, 0) is 5.33 Å². The van der Waals surface area contributed by atoms with Crippen LogP contribution >= 0.6 is 15.9 Å². The van der Waals surface area contributed by atoms with Gasteiger partial charge in [-0.3, -0.25) is 4.57 Å². The predicted octanol–water partition coefficient (Wildman–Crippen LogP) is 3.68. The smallest absolute Gasteiger partial charge is 0.148 e. The molecule has 0 aliphatic heterocycles. The van der Waals surface area contributed by atoms with Gasteiger partial charge in [-0.05, 0) is 30.9 Å². The molecule has 0 radical (unpaired) electrons. The van der Waals surface area contributed by atoms with Crippen LogP contribution in [0.2, 0.25) is 0 Å². The lowest BCUT2D eigenvalue weighted by molar-refractivity contribution is 0.606. The minimum Gasteiger partial charge on any atom is -0.282 e. The van der Waals surface area contributed by atoms with Crippen molar-refractivity contribution in [3.8, 4) is 5.69 Å². The second-order valence-electron chi connectivity index (χ2n) is 4.91. The number of halogens is 1. The molecule has 1 aliphatic carbocycles. The lowest BCUT2D eigenvalue weighted by Crippen LogP contribution is -2.08. The number of rotatable bonds is 4. The number of hydrogen-bond donors (Lipinski definition) is 0. The van der Waals surface area contributed by atoms with Crippen molar-refractivity contribution < 1.29 is 0 Å². The zero-order valence-corrected chi connectivity index (χ0v) is 12.0. The Morgan fingerprint density at radius 1 is 1.28 bits per heavy atom. The summed E-state index contributed by atoms with van der Waals surface area (Å²) >= 11 is 3.50. The molecule has 1 fully saturated rings. The molecule has 1 aromatic heterocycles. The quantitative estimate of drug-likeness (QED) is 0.807. The van der Waals surface area contributed by atoms with Crippen molar-refractivity contribution in [2.45, 2.75) is 31.0 Å². The zero-order valence-electron chi connectivity index (χ0n) is 10.4. The molecule has 1 atom stereocenters. The molecule has 0 saturated heterocycles. The second-order valence-corrected chi connectivity index (χ2v) is 5.47. The van der Waals surface area contributed by atoms with Crippen LogP contribution in [0.15, 0.2) is 30.3 Å². The summed E-state index contributed by atoms with van der Waals surface area (Å²) in [7, 11) is 0. The minimum absolute atomic E-state index is 0.491. The fraction of sp³-hybridized carbons (Fsp3) is 0.429. The van der Waals surface area contributed by atoms with Crippen LogP contribution in [0, 0.1) is 5.92 Å². The maximum Gasteiger partial charge on any atom is 0.148 e. The van der Waals surface area contributed by atoms with E-state index < -0.39 is 0 Å². The van der Waals surface area contributed by atoms with Crippen molar-refractivity contribution in [2.24, 2.45) is 5.92 Å². The molecule has 0 amide bonds. The summed E-state index contributed by atoms with van der Waals surface area (Å²) in [6, 6.07) is 10.4. The molecule has 0 spiro atoms. The zero-order chi connectivity index (χ0) is 12.5. The van der Waals surface area contributed by atoms with Gasteiger partial charge in [0.1, 0.15) is 11.6 Å². The third-order valence-corrected chi connectivity index (χ3v) is 4.13. The maximum atomic E-state index is 4.41. The van der Waals surface area contributed by atoms with Crippen molar-refractivity contribution in [1.82, 2.24) is 14.8 Å². The van der Waals surface area contributed by atoms with E-state index in [1.807, 2.05) is 6.07 Å². The number of benzene rings is 1. The highest BCUT2D eigenvalue weighted by Crippen LogP contribution is 2.42. The molecular weight excluding hydrogens is 290 g/mol. The highest BCUT2D eigenvalue weighted by atomic mass is 79.9. The Morgan fingerprint density at radius 3 is 2.61 bits per heavy atom. The minimum atomic E-state index is 0.491. The molecule has 0 bridgehead atoms. The van der Waals surface area contributed by atoms with Gasteiger partial charge in [0.25, 0.3) is 0 Å². The van der Waals surface area contributed by atoms with Crippen molar-refractivity contribution in [2.75, 3.05) is 0 Å². The Morgan fingerprint density at radius 2 is 2.00 bits per heavy atom. The fourth-order valence-electron chi connectivity index (χ4n) is 2.38. The van der Waals surface area contributed by atoms with Crippen LogP contribution in [0.3, 0.4) is 0 Å². The second kappa shape index (κ2) is 4.84. The number of nitrogens with zero attached hydrogens (tertiary/aromatic N) is 3. The Kier molecular flexibility index (Phi) is 3.20. The summed E-state index contributed by atoms with van der Waals surface area (Å²) in [6.07, 6.45) is 2.65. The van der Waals surface area contributed by atoms with E-state index in [0.29, 0.717) is 5.92 Å². The molecule has 94 valence electrons. The maximum absolute atomic E-state index is 4.41. The molecule has 1 saturated carbocycles. The summed E-state index contributed by atoms with van der Waals surface area (Å²) in [5.74, 6) is 3.35. The van der Waals surface area contributed by atoms with Gasteiger partial charge in [0.05, 0.1) is 5.33 Å². The van der Waals surface area contributed by atoms with Crippen molar-refractivity contribution in [1.29, 1.82) is 0 Å². The van der Waals surface area contributed by atoms with Crippen LogP contribution in [-0.4, -0.2) is 14.8 Å². The van der Waals surface area contributed by atoms with Gasteiger partial charge in [0.15, 0.2) is 0 Å². The van der Waals surface area contributed by atoms with Crippen LogP contribution in [0.5, 0.6) is 0 Å². The Labute approximate surface area is 115 Å². The van der Waals surface area contributed by atoms with Gasteiger partial charge >= 0.3 is 0 Å². The van der Waals surface area contributed by atoms with E-state index in [0.717, 1.165) is 28.6 Å². The van der Waals surface area contributed by atoms with Crippen LogP contribution in [0.1, 0.15) is 37.3 Å². The normalized spacial score (nSPS) is 16.8. The Balaban J connectivity index is 2.07. The largest absolute Gasteiger partial charge is 0.282 e. The summed E-state index contributed by atoms with van der Waals surface area (Å²) in [4.78, 5) is 0. The summed E-state index contributed by atoms with van der Waals surface area (Å²) in [5, 5.41) is 9.44. The summed E-state index contributed by atoms with van der Waals surface area (Å²) < 4.78 is 2.19. The van der Waals surface area contributed by atoms with Crippen molar-refractivity contribution in [3.05, 3.63) is 42.0 Å². The standard InChI is InChI=1S/C14H16BrN3/c1-10(11-7-8-11)14-17-16-13(9-15)18(14)12-5-3-2-4-6-12/h2-6,10-11H,7-9H2,1H3. The van der Waals surface area contributed by atoms with Gasteiger partial charge in [-0.25, -0.2) is 0 Å². The van der Waals surface area contributed by atoms with Crippen LogP contribution in [0.4, 0.5) is 0 Å².